The number of ether oxygens (including phenoxy) is 1. The van der Waals surface area contributed by atoms with Gasteiger partial charge in [-0.2, -0.15) is 0 Å². The predicted molar refractivity (Wildman–Crippen MR) is 104 cm³/mol. The summed E-state index contributed by atoms with van der Waals surface area (Å²) in [5.41, 5.74) is 2.76. The first-order chi connectivity index (χ1) is 13.0. The summed E-state index contributed by atoms with van der Waals surface area (Å²) in [6, 6.07) is 15.6. The van der Waals surface area contributed by atoms with Gasteiger partial charge in [0.05, 0.1) is 11.6 Å². The van der Waals surface area contributed by atoms with E-state index in [0.29, 0.717) is 43.7 Å². The number of carbonyl (C=O) groups excluding carboxylic acids is 1. The monoisotopic (exact) mass is 367 g/mol. The smallest absolute Gasteiger partial charge is 0.306 e. The lowest BCUT2D eigenvalue weighted by molar-refractivity contribution is -0.143. The fourth-order valence-corrected chi connectivity index (χ4v) is 3.44. The number of aryl methyl sites for hydroxylation is 1. The Labute approximate surface area is 159 Å². The highest BCUT2D eigenvalue weighted by molar-refractivity contribution is 5.94. The molecule has 5 nitrogen and oxygen atoms in total. The van der Waals surface area contributed by atoms with E-state index in [1.165, 1.54) is 0 Å². The van der Waals surface area contributed by atoms with Crippen LogP contribution in [0.15, 0.2) is 48.5 Å². The Hall–Kier alpha value is -2.82. The lowest BCUT2D eigenvalue weighted by atomic mass is 9.81. The molecule has 27 heavy (non-hydrogen) atoms. The number of hydrogen-bond donors (Lipinski definition) is 2. The molecule has 0 unspecified atom stereocenters. The maximum absolute atomic E-state index is 12.7. The molecular weight excluding hydrogens is 342 g/mol. The molecule has 0 aliphatic heterocycles. The van der Waals surface area contributed by atoms with Crippen LogP contribution in [0.3, 0.4) is 0 Å². The molecule has 1 aliphatic carbocycles. The molecule has 0 bridgehead atoms. The van der Waals surface area contributed by atoms with E-state index in [1.54, 1.807) is 0 Å². The Balaban J connectivity index is 1.64. The fraction of sp³-hybridized carbons (Fsp3) is 0.364. The van der Waals surface area contributed by atoms with Crippen LogP contribution in [0, 0.1) is 18.8 Å². The zero-order valence-electron chi connectivity index (χ0n) is 15.5. The molecule has 2 aromatic rings. The summed E-state index contributed by atoms with van der Waals surface area (Å²) in [5.74, 6) is -0.656. The van der Waals surface area contributed by atoms with Gasteiger partial charge in [-0.1, -0.05) is 36.4 Å². The summed E-state index contributed by atoms with van der Waals surface area (Å²) >= 11 is 0. The Morgan fingerprint density at radius 2 is 1.70 bits per heavy atom. The number of nitrogens with one attached hydrogen (secondary N) is 1. The lowest BCUT2D eigenvalue weighted by Crippen LogP contribution is -2.29. The van der Waals surface area contributed by atoms with Crippen LogP contribution in [0.5, 0.6) is 5.75 Å². The number of carbonyl (C=O) groups is 2. The highest BCUT2D eigenvalue weighted by atomic mass is 16.5. The number of aliphatic carboxylic acids is 1. The predicted octanol–water partition coefficient (Wildman–Crippen LogP) is 4.40. The number of benzene rings is 2. The molecule has 0 heterocycles. The molecule has 0 radical (unpaired) electrons. The van der Waals surface area contributed by atoms with E-state index < -0.39 is 5.97 Å². The van der Waals surface area contributed by atoms with E-state index in [-0.39, 0.29) is 17.7 Å². The number of carboxylic acid groups (broad SMARTS) is 1. The van der Waals surface area contributed by atoms with Crippen molar-refractivity contribution in [2.24, 2.45) is 11.8 Å². The second kappa shape index (κ2) is 8.71. The van der Waals surface area contributed by atoms with E-state index in [2.05, 4.69) is 5.32 Å². The number of amides is 1. The van der Waals surface area contributed by atoms with Gasteiger partial charge >= 0.3 is 5.97 Å². The molecule has 3 rings (SSSR count). The van der Waals surface area contributed by atoms with E-state index >= 15 is 0 Å². The van der Waals surface area contributed by atoms with Gasteiger partial charge in [-0.05, 0) is 55.9 Å². The molecule has 1 aliphatic rings. The van der Waals surface area contributed by atoms with Gasteiger partial charge in [-0.15, -0.1) is 0 Å². The number of rotatable bonds is 6. The molecule has 142 valence electrons. The van der Waals surface area contributed by atoms with Crippen LogP contribution in [0.4, 0.5) is 5.69 Å². The van der Waals surface area contributed by atoms with Crippen molar-refractivity contribution < 1.29 is 19.4 Å². The Morgan fingerprint density at radius 1 is 1.04 bits per heavy atom. The zero-order valence-corrected chi connectivity index (χ0v) is 15.5. The molecule has 2 N–H and O–H groups in total. The van der Waals surface area contributed by atoms with Gasteiger partial charge in [0.1, 0.15) is 12.4 Å². The summed E-state index contributed by atoms with van der Waals surface area (Å²) < 4.78 is 5.92. The number of carboxylic acids is 1. The van der Waals surface area contributed by atoms with Gasteiger partial charge < -0.3 is 15.2 Å². The van der Waals surface area contributed by atoms with Crippen LogP contribution in [0.1, 0.15) is 36.8 Å². The Bertz CT molecular complexity index is 795. The number of anilines is 1. The second-order valence-corrected chi connectivity index (χ2v) is 7.15. The van der Waals surface area contributed by atoms with Crippen LogP contribution in [0.25, 0.3) is 0 Å². The summed E-state index contributed by atoms with van der Waals surface area (Å²) in [7, 11) is 0. The van der Waals surface area contributed by atoms with Gasteiger partial charge in [0.2, 0.25) is 5.91 Å². The molecule has 1 saturated carbocycles. The minimum atomic E-state index is -0.760. The summed E-state index contributed by atoms with van der Waals surface area (Å²) in [6.07, 6.45) is 2.32. The van der Waals surface area contributed by atoms with Crippen molar-refractivity contribution in [1.82, 2.24) is 0 Å². The molecule has 1 fully saturated rings. The first-order valence-corrected chi connectivity index (χ1v) is 9.34. The van der Waals surface area contributed by atoms with Gasteiger partial charge in [0.25, 0.3) is 0 Å². The molecular formula is C22H25NO4. The van der Waals surface area contributed by atoms with Gasteiger partial charge in [0.15, 0.2) is 0 Å². The minimum Gasteiger partial charge on any atom is -0.487 e. The van der Waals surface area contributed by atoms with E-state index in [0.717, 1.165) is 11.1 Å². The molecule has 0 spiro atoms. The maximum Gasteiger partial charge on any atom is 0.306 e. The van der Waals surface area contributed by atoms with Gasteiger partial charge in [-0.25, -0.2) is 0 Å². The summed E-state index contributed by atoms with van der Waals surface area (Å²) in [6.45, 7) is 2.39. The fourth-order valence-electron chi connectivity index (χ4n) is 3.44. The standard InChI is InChI=1S/C22H25NO4/c1-15-7-12-20(27-14-16-5-3-2-4-6-16)19(13-15)23-21(24)17-8-10-18(11-9-17)22(25)26/h2-7,12-13,17-18H,8-11,14H2,1H3,(H,23,24)(H,25,26). The van der Waals surface area contributed by atoms with Crippen molar-refractivity contribution in [2.75, 3.05) is 5.32 Å². The quantitative estimate of drug-likeness (QED) is 0.793. The SMILES string of the molecule is Cc1ccc(OCc2ccccc2)c(NC(=O)C2CCC(C(=O)O)CC2)c1. The second-order valence-electron chi connectivity index (χ2n) is 7.15. The summed E-state index contributed by atoms with van der Waals surface area (Å²) in [5, 5.41) is 12.1. The minimum absolute atomic E-state index is 0.0611. The van der Waals surface area contributed by atoms with Crippen molar-refractivity contribution in [3.05, 3.63) is 59.7 Å². The Morgan fingerprint density at radius 3 is 2.37 bits per heavy atom. The van der Waals surface area contributed by atoms with Crippen LogP contribution >= 0.6 is 0 Å². The van der Waals surface area contributed by atoms with Crippen molar-refractivity contribution in [3.63, 3.8) is 0 Å². The average molecular weight is 367 g/mol. The van der Waals surface area contributed by atoms with Crippen molar-refractivity contribution in [1.29, 1.82) is 0 Å². The molecule has 0 saturated heterocycles. The molecule has 0 aromatic heterocycles. The highest BCUT2D eigenvalue weighted by Crippen LogP contribution is 2.32. The Kier molecular flexibility index (Phi) is 6.12. The molecule has 0 atom stereocenters. The van der Waals surface area contributed by atoms with Gasteiger partial charge in [0, 0.05) is 5.92 Å². The average Bonchev–Trinajstić information content (AvgIpc) is 2.68. The van der Waals surface area contributed by atoms with E-state index in [1.807, 2.05) is 55.5 Å². The van der Waals surface area contributed by atoms with E-state index in [4.69, 9.17) is 9.84 Å². The third-order valence-corrected chi connectivity index (χ3v) is 5.08. The largest absolute Gasteiger partial charge is 0.487 e. The summed E-state index contributed by atoms with van der Waals surface area (Å²) in [4.78, 5) is 23.7. The third kappa shape index (κ3) is 5.09. The first-order valence-electron chi connectivity index (χ1n) is 9.34. The van der Waals surface area contributed by atoms with E-state index in [9.17, 15) is 9.59 Å². The van der Waals surface area contributed by atoms with Gasteiger partial charge in [-0.3, -0.25) is 9.59 Å². The number of hydrogen-bond acceptors (Lipinski definition) is 3. The molecule has 2 aromatic carbocycles. The lowest BCUT2D eigenvalue weighted by Gasteiger charge is -2.25. The van der Waals surface area contributed by atoms with Crippen LogP contribution in [0.2, 0.25) is 0 Å². The van der Waals surface area contributed by atoms with Crippen LogP contribution < -0.4 is 10.1 Å². The van der Waals surface area contributed by atoms with Crippen molar-refractivity contribution in [2.45, 2.75) is 39.2 Å². The van der Waals surface area contributed by atoms with Crippen LogP contribution in [-0.4, -0.2) is 17.0 Å². The third-order valence-electron chi connectivity index (χ3n) is 5.08. The molecule has 1 amide bonds. The highest BCUT2D eigenvalue weighted by Gasteiger charge is 2.30. The van der Waals surface area contributed by atoms with Crippen molar-refractivity contribution >= 4 is 17.6 Å². The first kappa shape index (κ1) is 19.0. The van der Waals surface area contributed by atoms with Crippen LogP contribution in [-0.2, 0) is 16.2 Å². The zero-order chi connectivity index (χ0) is 19.2. The van der Waals surface area contributed by atoms with Crippen molar-refractivity contribution in [3.8, 4) is 5.75 Å². The normalized spacial score (nSPS) is 19.3. The molecule has 5 heteroatoms. The maximum atomic E-state index is 12.7. The topological polar surface area (TPSA) is 75.6 Å².